The average molecular weight is 949 g/mol. The van der Waals surface area contributed by atoms with Gasteiger partial charge in [-0.15, -0.1) is 24.8 Å². The van der Waals surface area contributed by atoms with Crippen LogP contribution in [0.4, 0.5) is 8.78 Å². The third kappa shape index (κ3) is 14.2. The molecule has 6 aromatic carbocycles. The van der Waals surface area contributed by atoms with Gasteiger partial charge >= 0.3 is 0 Å². The number of hydrogen-bond acceptors (Lipinski definition) is 7. The molecule has 352 valence electrons. The van der Waals surface area contributed by atoms with Gasteiger partial charge in [-0.3, -0.25) is 4.79 Å². The van der Waals surface area contributed by atoms with Gasteiger partial charge in [0.2, 0.25) is 0 Å². The van der Waals surface area contributed by atoms with Crippen molar-refractivity contribution in [1.82, 2.24) is 15.0 Å². The van der Waals surface area contributed by atoms with Crippen LogP contribution in [0.25, 0.3) is 11.0 Å². The first-order valence-corrected chi connectivity index (χ1v) is 23.1. The van der Waals surface area contributed by atoms with Crippen molar-refractivity contribution in [2.24, 2.45) is 5.92 Å². The summed E-state index contributed by atoms with van der Waals surface area (Å²) >= 11 is 0. The maximum Gasteiger partial charge on any atom is 0.170 e. The van der Waals surface area contributed by atoms with Crippen LogP contribution < -0.4 is 9.47 Å². The summed E-state index contributed by atoms with van der Waals surface area (Å²) in [5, 5.41) is 5.21. The van der Waals surface area contributed by atoms with Crippen LogP contribution in [0.1, 0.15) is 95.0 Å². The maximum atomic E-state index is 13.5. The Labute approximate surface area is 406 Å². The van der Waals surface area contributed by atoms with Gasteiger partial charge in [0.25, 0.3) is 0 Å². The Morgan fingerprint density at radius 2 is 1.07 bits per heavy atom. The second-order valence-electron chi connectivity index (χ2n) is 17.5. The van der Waals surface area contributed by atoms with Gasteiger partial charge in [-0.1, -0.05) is 101 Å². The van der Waals surface area contributed by atoms with E-state index >= 15 is 0 Å². The van der Waals surface area contributed by atoms with Crippen molar-refractivity contribution in [3.05, 3.63) is 197 Å². The second-order valence-corrected chi connectivity index (χ2v) is 17.5. The van der Waals surface area contributed by atoms with Crippen molar-refractivity contribution >= 4 is 41.6 Å². The summed E-state index contributed by atoms with van der Waals surface area (Å²) in [5.74, 6) is 1.69. The molecule has 0 saturated carbocycles. The molecule has 0 radical (unpaired) electrons. The van der Waals surface area contributed by atoms with E-state index in [1.165, 1.54) is 46.5 Å². The molecule has 0 N–H and O–H groups in total. The molecule has 0 bridgehead atoms. The average Bonchev–Trinajstić information content (AvgIpc) is 3.77. The van der Waals surface area contributed by atoms with Gasteiger partial charge in [-0.05, 0) is 138 Å². The summed E-state index contributed by atoms with van der Waals surface area (Å²) in [6.45, 7) is 9.85. The van der Waals surface area contributed by atoms with Crippen LogP contribution in [-0.4, -0.2) is 60.0 Å². The third-order valence-corrected chi connectivity index (χ3v) is 12.9. The number of aryl methyl sites for hydroxylation is 2. The highest BCUT2D eigenvalue weighted by atomic mass is 35.5. The summed E-state index contributed by atoms with van der Waals surface area (Å²) in [6.07, 6.45) is 5.53. The number of fused-ring (bicyclic) bond motifs is 1. The summed E-state index contributed by atoms with van der Waals surface area (Å²) in [4.78, 5) is 17.7. The summed E-state index contributed by atoms with van der Waals surface area (Å²) in [6, 6.07) is 47.9. The molecule has 0 aliphatic carbocycles. The highest BCUT2D eigenvalue weighted by molar-refractivity contribution is 5.97. The normalized spacial score (nSPS) is 15.6. The second kappa shape index (κ2) is 25.0. The Balaban J connectivity index is 0.000000215. The van der Waals surface area contributed by atoms with Crippen molar-refractivity contribution in [2.45, 2.75) is 70.5 Å². The van der Waals surface area contributed by atoms with Crippen LogP contribution in [0.15, 0.2) is 156 Å². The van der Waals surface area contributed by atoms with Crippen molar-refractivity contribution < 1.29 is 27.6 Å². The topological polar surface area (TPSA) is 68.0 Å². The zero-order valence-electron chi connectivity index (χ0n) is 38.3. The molecule has 67 heavy (non-hydrogen) atoms. The van der Waals surface area contributed by atoms with Crippen molar-refractivity contribution in [1.29, 1.82) is 0 Å². The number of likely N-dealkylation sites (tertiary alicyclic amines) is 2. The van der Waals surface area contributed by atoms with Gasteiger partial charge in [-0.25, -0.2) is 8.78 Å². The molecule has 0 amide bonds. The van der Waals surface area contributed by atoms with Crippen molar-refractivity contribution in [3.8, 4) is 11.5 Å². The number of aromatic nitrogens is 1. The lowest BCUT2D eigenvalue weighted by molar-refractivity contribution is 0.0822. The number of carbonyl (C=O) groups is 1. The SMILES string of the molecule is Cc1ccc(OC(CCN2CCC(C(=O)c3ccc(F)cc3)CC2)c2ccccc2)cc1.Cc1ccc(OC(CCN2CCC(c3noc4cc(F)ccc34)CC2)c2ccccc2)cc1.Cl.Cl. The Kier molecular flexibility index (Phi) is 18.9. The number of carbonyl (C=O) groups excluding carboxylic acids is 1. The first-order chi connectivity index (χ1) is 31.7. The molecule has 0 spiro atoms. The van der Waals surface area contributed by atoms with E-state index in [0.717, 1.165) is 100 Å². The fourth-order valence-electron chi connectivity index (χ4n) is 9.01. The lowest BCUT2D eigenvalue weighted by atomic mass is 9.88. The third-order valence-electron chi connectivity index (χ3n) is 12.9. The Bertz CT molecular complexity index is 2550. The molecule has 2 fully saturated rings. The fraction of sp³-hybridized carbons (Fsp3) is 0.321. The van der Waals surface area contributed by atoms with Crippen LogP contribution in [0.2, 0.25) is 0 Å². The number of piperidine rings is 2. The molecule has 2 atom stereocenters. The number of ketones is 1. The van der Waals surface area contributed by atoms with Crippen LogP contribution >= 0.6 is 24.8 Å². The minimum absolute atomic E-state index is 0. The van der Waals surface area contributed by atoms with Crippen molar-refractivity contribution in [2.75, 3.05) is 39.3 Å². The van der Waals surface area contributed by atoms with Crippen LogP contribution in [0.5, 0.6) is 11.5 Å². The largest absolute Gasteiger partial charge is 0.486 e. The van der Waals surface area contributed by atoms with E-state index in [4.69, 9.17) is 14.0 Å². The lowest BCUT2D eigenvalue weighted by Crippen LogP contribution is -2.37. The van der Waals surface area contributed by atoms with Crippen molar-refractivity contribution in [3.63, 3.8) is 0 Å². The molecular weight excluding hydrogens is 888 g/mol. The molecule has 7 nitrogen and oxygen atoms in total. The van der Waals surface area contributed by atoms with Gasteiger partial charge in [0.15, 0.2) is 11.4 Å². The molecule has 2 aliphatic rings. The Hall–Kier alpha value is -5.58. The number of ether oxygens (including phenoxy) is 2. The zero-order chi connectivity index (χ0) is 45.0. The van der Waals surface area contributed by atoms with Gasteiger partial charge in [0.05, 0.1) is 5.69 Å². The van der Waals surface area contributed by atoms with E-state index in [9.17, 15) is 13.6 Å². The standard InChI is InChI=1S/C28H29FN2O2.C28H30FNO2.2ClH/c1-20-7-10-24(11-8-20)32-26(21-5-3-2-4-6-21)15-18-31-16-13-22(14-17-31)28-25-12-9-23(29)19-27(25)33-30-28;1-21-7-13-26(14-8-21)32-27(22-5-3-2-4-6-22)17-20-30-18-15-24(16-19-30)28(31)23-9-11-25(29)12-10-23;;/h2-12,19,22,26H,13-18H2,1H3;2-14,24,27H,15-20H2,1H3;2*1H. The number of halogens is 4. The van der Waals surface area contributed by atoms with E-state index in [1.54, 1.807) is 18.2 Å². The Morgan fingerprint density at radius 3 is 1.57 bits per heavy atom. The van der Waals surface area contributed by atoms with Gasteiger partial charge in [0, 0.05) is 54.8 Å². The molecule has 7 aromatic rings. The minimum Gasteiger partial charge on any atom is -0.486 e. The summed E-state index contributed by atoms with van der Waals surface area (Å²) in [5.41, 5.74) is 6.93. The summed E-state index contributed by atoms with van der Waals surface area (Å²) in [7, 11) is 0. The quantitative estimate of drug-likeness (QED) is 0.0949. The molecule has 2 aliphatic heterocycles. The van der Waals surface area contributed by atoms with E-state index in [2.05, 4.69) is 89.5 Å². The highest BCUT2D eigenvalue weighted by Crippen LogP contribution is 2.34. The minimum atomic E-state index is -0.308. The monoisotopic (exact) mass is 947 g/mol. The maximum absolute atomic E-state index is 13.5. The van der Waals surface area contributed by atoms with Gasteiger partial charge < -0.3 is 23.8 Å². The van der Waals surface area contributed by atoms with E-state index < -0.39 is 0 Å². The highest BCUT2D eigenvalue weighted by Gasteiger charge is 2.28. The molecule has 3 heterocycles. The van der Waals surface area contributed by atoms with Crippen LogP contribution in [0, 0.1) is 31.4 Å². The molecule has 2 saturated heterocycles. The molecule has 9 rings (SSSR count). The van der Waals surface area contributed by atoms with Gasteiger partial charge in [-0.2, -0.15) is 0 Å². The molecule has 2 unspecified atom stereocenters. The molecular formula is C56H61Cl2F2N3O4. The first kappa shape index (κ1) is 50.8. The van der Waals surface area contributed by atoms with E-state index in [0.29, 0.717) is 17.1 Å². The number of Topliss-reactive ketones (excluding diaryl/α,β-unsaturated/α-hetero) is 1. The summed E-state index contributed by atoms with van der Waals surface area (Å²) < 4.78 is 44.8. The first-order valence-electron chi connectivity index (χ1n) is 23.1. The van der Waals surface area contributed by atoms with E-state index in [-0.39, 0.29) is 60.4 Å². The number of benzene rings is 6. The van der Waals surface area contributed by atoms with Crippen LogP contribution in [-0.2, 0) is 0 Å². The van der Waals surface area contributed by atoms with Crippen LogP contribution in [0.3, 0.4) is 0 Å². The predicted octanol–water partition coefficient (Wildman–Crippen LogP) is 13.7. The predicted molar refractivity (Wildman–Crippen MR) is 268 cm³/mol. The molecule has 11 heteroatoms. The number of rotatable bonds is 15. The number of hydrogen-bond donors (Lipinski definition) is 0. The Morgan fingerprint density at radius 1 is 0.612 bits per heavy atom. The molecule has 1 aromatic heterocycles. The lowest BCUT2D eigenvalue weighted by Gasteiger charge is -2.32. The van der Waals surface area contributed by atoms with Gasteiger partial charge in [0.1, 0.15) is 35.3 Å². The fourth-order valence-corrected chi connectivity index (χ4v) is 9.01. The zero-order valence-corrected chi connectivity index (χ0v) is 39.9. The number of nitrogens with zero attached hydrogens (tertiary/aromatic N) is 3. The smallest absolute Gasteiger partial charge is 0.170 e. The van der Waals surface area contributed by atoms with E-state index in [1.807, 2.05) is 48.5 Å².